The van der Waals surface area contributed by atoms with Gasteiger partial charge in [0.15, 0.2) is 0 Å². The number of hydrogen-bond donors (Lipinski definition) is 3. The van der Waals surface area contributed by atoms with Gasteiger partial charge in [-0.3, -0.25) is 14.4 Å². The van der Waals surface area contributed by atoms with Crippen molar-refractivity contribution in [2.75, 3.05) is 5.32 Å². The van der Waals surface area contributed by atoms with Crippen LogP contribution in [0.1, 0.15) is 54.4 Å². The van der Waals surface area contributed by atoms with Crippen molar-refractivity contribution in [3.05, 3.63) is 29.3 Å². The maximum Gasteiger partial charge on any atom is 0.305 e. The molecule has 122 valence electrons. The number of nitrogens with one attached hydrogen (secondary N) is 2. The van der Waals surface area contributed by atoms with Crippen LogP contribution in [-0.2, 0) is 16.0 Å². The normalized spacial score (nSPS) is 18.9. The van der Waals surface area contributed by atoms with Crippen molar-refractivity contribution in [1.82, 2.24) is 5.32 Å². The Morgan fingerprint density at radius 1 is 1.22 bits per heavy atom. The van der Waals surface area contributed by atoms with Crippen molar-refractivity contribution < 1.29 is 19.5 Å². The highest BCUT2D eigenvalue weighted by atomic mass is 16.4. The Hall–Kier alpha value is -2.37. The zero-order chi connectivity index (χ0) is 16.4. The van der Waals surface area contributed by atoms with Crippen LogP contribution in [0.3, 0.4) is 0 Å². The van der Waals surface area contributed by atoms with Gasteiger partial charge in [-0.2, -0.15) is 0 Å². The van der Waals surface area contributed by atoms with Crippen LogP contribution >= 0.6 is 0 Å². The molecule has 0 unspecified atom stereocenters. The molecule has 1 aliphatic carbocycles. The summed E-state index contributed by atoms with van der Waals surface area (Å²) in [5, 5.41) is 14.8. The molecule has 1 saturated carbocycles. The summed E-state index contributed by atoms with van der Waals surface area (Å²) >= 11 is 0. The number of aryl methyl sites for hydroxylation is 1. The Bertz CT molecular complexity index is 663. The first kappa shape index (κ1) is 15.5. The summed E-state index contributed by atoms with van der Waals surface area (Å²) in [5.41, 5.74) is 1.57. The topological polar surface area (TPSA) is 95.5 Å². The summed E-state index contributed by atoms with van der Waals surface area (Å²) in [6.07, 6.45) is 4.26. The molecule has 6 nitrogen and oxygen atoms in total. The number of carbonyl (C=O) groups is 3. The number of carboxylic acids is 1. The summed E-state index contributed by atoms with van der Waals surface area (Å²) in [5.74, 6) is -1.14. The third-order valence-corrected chi connectivity index (χ3v) is 4.69. The van der Waals surface area contributed by atoms with E-state index in [4.69, 9.17) is 5.11 Å². The lowest BCUT2D eigenvalue weighted by atomic mass is 9.92. The fourth-order valence-corrected chi connectivity index (χ4v) is 3.52. The van der Waals surface area contributed by atoms with E-state index >= 15 is 0 Å². The van der Waals surface area contributed by atoms with E-state index < -0.39 is 11.5 Å². The highest BCUT2D eigenvalue weighted by Crippen LogP contribution is 2.33. The van der Waals surface area contributed by atoms with Gasteiger partial charge < -0.3 is 15.7 Å². The van der Waals surface area contributed by atoms with Gasteiger partial charge in [0.2, 0.25) is 5.91 Å². The van der Waals surface area contributed by atoms with Gasteiger partial charge in [-0.05, 0) is 43.0 Å². The minimum atomic E-state index is -0.889. The van der Waals surface area contributed by atoms with Crippen LogP contribution in [0.5, 0.6) is 0 Å². The Morgan fingerprint density at radius 3 is 2.65 bits per heavy atom. The van der Waals surface area contributed by atoms with Crippen molar-refractivity contribution in [3.63, 3.8) is 0 Å². The predicted molar refractivity (Wildman–Crippen MR) is 84.3 cm³/mol. The number of rotatable bonds is 4. The highest BCUT2D eigenvalue weighted by Gasteiger charge is 2.37. The van der Waals surface area contributed by atoms with E-state index in [-0.39, 0.29) is 18.2 Å². The molecular formula is C17H20N2O4. The number of anilines is 1. The van der Waals surface area contributed by atoms with Crippen molar-refractivity contribution in [3.8, 4) is 0 Å². The SMILES string of the molecule is O=C(O)CC1(NC(=O)c2ccc3c(c2)CCC(=O)N3)CCCC1. The Balaban J connectivity index is 1.77. The zero-order valence-corrected chi connectivity index (χ0v) is 12.9. The molecule has 0 bridgehead atoms. The van der Waals surface area contributed by atoms with E-state index in [0.717, 1.165) is 24.1 Å². The van der Waals surface area contributed by atoms with Gasteiger partial charge in [-0.1, -0.05) is 12.8 Å². The van der Waals surface area contributed by atoms with Gasteiger partial charge in [0, 0.05) is 17.7 Å². The van der Waals surface area contributed by atoms with E-state index in [2.05, 4.69) is 10.6 Å². The van der Waals surface area contributed by atoms with Crippen molar-refractivity contribution in [1.29, 1.82) is 0 Å². The first-order chi connectivity index (χ1) is 11.0. The molecule has 3 N–H and O–H groups in total. The molecule has 23 heavy (non-hydrogen) atoms. The number of hydrogen-bond acceptors (Lipinski definition) is 3. The van der Waals surface area contributed by atoms with Gasteiger partial charge in [-0.15, -0.1) is 0 Å². The van der Waals surface area contributed by atoms with Crippen LogP contribution in [0.15, 0.2) is 18.2 Å². The van der Waals surface area contributed by atoms with Crippen LogP contribution in [0.4, 0.5) is 5.69 Å². The summed E-state index contributed by atoms with van der Waals surface area (Å²) in [6, 6.07) is 5.19. The molecule has 1 heterocycles. The van der Waals surface area contributed by atoms with E-state index in [1.54, 1.807) is 18.2 Å². The van der Waals surface area contributed by atoms with Crippen molar-refractivity contribution in [2.45, 2.75) is 50.5 Å². The smallest absolute Gasteiger partial charge is 0.305 e. The maximum atomic E-state index is 12.5. The Morgan fingerprint density at radius 2 is 1.96 bits per heavy atom. The molecule has 1 aromatic carbocycles. The fourth-order valence-electron chi connectivity index (χ4n) is 3.52. The number of carbonyl (C=O) groups excluding carboxylic acids is 2. The third kappa shape index (κ3) is 3.36. The molecule has 1 aliphatic heterocycles. The first-order valence-corrected chi connectivity index (χ1v) is 7.95. The highest BCUT2D eigenvalue weighted by molar-refractivity contribution is 5.98. The summed E-state index contributed by atoms with van der Waals surface area (Å²) < 4.78 is 0. The second-order valence-corrected chi connectivity index (χ2v) is 6.43. The summed E-state index contributed by atoms with van der Waals surface area (Å²) in [6.45, 7) is 0. The van der Waals surface area contributed by atoms with Crippen molar-refractivity contribution in [2.24, 2.45) is 0 Å². The van der Waals surface area contributed by atoms with Crippen LogP contribution in [0, 0.1) is 0 Å². The number of amides is 2. The van der Waals surface area contributed by atoms with Gasteiger partial charge in [-0.25, -0.2) is 0 Å². The number of fused-ring (bicyclic) bond motifs is 1. The van der Waals surface area contributed by atoms with E-state index in [9.17, 15) is 14.4 Å². The average Bonchev–Trinajstić information content (AvgIpc) is 2.93. The molecule has 0 aromatic heterocycles. The number of benzene rings is 1. The molecule has 1 fully saturated rings. The maximum absolute atomic E-state index is 12.5. The van der Waals surface area contributed by atoms with Gasteiger partial charge in [0.05, 0.1) is 12.0 Å². The van der Waals surface area contributed by atoms with Gasteiger partial charge in [0.1, 0.15) is 0 Å². The molecular weight excluding hydrogens is 296 g/mol. The minimum absolute atomic E-state index is 0.0129. The van der Waals surface area contributed by atoms with Crippen LogP contribution in [0.25, 0.3) is 0 Å². The average molecular weight is 316 g/mol. The molecule has 0 spiro atoms. The third-order valence-electron chi connectivity index (χ3n) is 4.69. The van der Waals surface area contributed by atoms with E-state index in [1.165, 1.54) is 0 Å². The van der Waals surface area contributed by atoms with Crippen LogP contribution in [0.2, 0.25) is 0 Å². The molecule has 0 atom stereocenters. The van der Waals surface area contributed by atoms with Crippen LogP contribution in [-0.4, -0.2) is 28.4 Å². The second-order valence-electron chi connectivity index (χ2n) is 6.43. The summed E-state index contributed by atoms with van der Waals surface area (Å²) in [4.78, 5) is 35.0. The monoisotopic (exact) mass is 316 g/mol. The van der Waals surface area contributed by atoms with Crippen LogP contribution < -0.4 is 10.6 Å². The van der Waals surface area contributed by atoms with Crippen molar-refractivity contribution >= 4 is 23.5 Å². The number of aliphatic carboxylic acids is 1. The quantitative estimate of drug-likeness (QED) is 0.792. The lowest BCUT2D eigenvalue weighted by molar-refractivity contribution is -0.138. The minimum Gasteiger partial charge on any atom is -0.481 e. The zero-order valence-electron chi connectivity index (χ0n) is 12.9. The summed E-state index contributed by atoms with van der Waals surface area (Å²) in [7, 11) is 0. The standard InChI is InChI=1S/C17H20N2O4/c20-14-6-4-11-9-12(3-5-13(11)18-14)16(23)19-17(10-15(21)22)7-1-2-8-17/h3,5,9H,1-2,4,6-8,10H2,(H,18,20)(H,19,23)(H,21,22). The lowest BCUT2D eigenvalue weighted by Gasteiger charge is -2.29. The fraction of sp³-hybridized carbons (Fsp3) is 0.471. The molecule has 2 amide bonds. The predicted octanol–water partition coefficient (Wildman–Crippen LogP) is 2.09. The second kappa shape index (κ2) is 6.02. The van der Waals surface area contributed by atoms with E-state index in [1.807, 2.05) is 0 Å². The van der Waals surface area contributed by atoms with E-state index in [0.29, 0.717) is 31.2 Å². The Kier molecular flexibility index (Phi) is 4.07. The van der Waals surface area contributed by atoms with Gasteiger partial charge >= 0.3 is 5.97 Å². The lowest BCUT2D eigenvalue weighted by Crippen LogP contribution is -2.47. The van der Waals surface area contributed by atoms with Gasteiger partial charge in [0.25, 0.3) is 5.91 Å². The molecule has 1 aromatic rings. The first-order valence-electron chi connectivity index (χ1n) is 7.95. The largest absolute Gasteiger partial charge is 0.481 e. The number of carboxylic acid groups (broad SMARTS) is 1. The molecule has 6 heteroatoms. The molecule has 2 aliphatic rings. The Labute approximate surface area is 134 Å². The molecule has 0 saturated heterocycles. The molecule has 3 rings (SSSR count). The molecule has 0 radical (unpaired) electrons.